The van der Waals surface area contributed by atoms with E-state index < -0.39 is 43.3 Å². The number of aromatic hydroxyl groups is 1. The number of phenols is 1. The Balaban J connectivity index is 1.99. The van der Waals surface area contributed by atoms with Crippen LogP contribution in [-0.2, 0) is 16.0 Å². The number of hydrogen-bond donors (Lipinski definition) is 6. The number of hydrogen-bond acceptors (Lipinski definition) is 8. The Kier molecular flexibility index (Phi) is 13.3. The number of phenolic OH excluding ortho intramolecular Hbond substituents is 1. The number of aliphatic hydroxyl groups is 4. The Morgan fingerprint density at radius 3 is 2.02 bits per heavy atom. The van der Waals surface area contributed by atoms with Gasteiger partial charge in [-0.1, -0.05) is 34.9 Å². The van der Waals surface area contributed by atoms with Crippen LogP contribution in [0, 0.1) is 13.8 Å². The summed E-state index contributed by atoms with van der Waals surface area (Å²) in [5.41, 5.74) is 5.46. The monoisotopic (exact) mass is 562 g/mol. The zero-order valence-electron chi connectivity index (χ0n) is 24.3. The standard InChI is InChI=1S/C31H46O9/c1-18(9-7-11-20(3)13-15-26(33)34)8-6-10-19(2)12-14-23-16-24(21(4)22(5)27(23)35)39-31-30(38)29(37)28(36)25(17-32)40-31/h8,11-12,16,25,28-32,35-38H,6-7,9-10,13-15,17H2,1-5H3,(H,33,34)/b18-8+,19-12-,20-11+/t25-,28+,29+,30-,31-/m1/s1. The third-order valence-corrected chi connectivity index (χ3v) is 7.45. The van der Waals surface area contributed by atoms with E-state index in [1.54, 1.807) is 19.9 Å². The molecule has 0 spiro atoms. The molecular weight excluding hydrogens is 516 g/mol. The average molecular weight is 563 g/mol. The summed E-state index contributed by atoms with van der Waals surface area (Å²) >= 11 is 0. The number of benzene rings is 1. The maximum absolute atomic E-state index is 10.7. The molecule has 1 aliphatic rings. The van der Waals surface area contributed by atoms with Crippen LogP contribution in [0.25, 0.3) is 0 Å². The molecule has 1 aromatic carbocycles. The van der Waals surface area contributed by atoms with Crippen LogP contribution in [0.15, 0.2) is 41.0 Å². The molecule has 0 unspecified atom stereocenters. The fraction of sp³-hybridized carbons (Fsp3) is 0.581. The fourth-order valence-corrected chi connectivity index (χ4v) is 4.49. The normalized spacial score (nSPS) is 24.3. The van der Waals surface area contributed by atoms with Crippen molar-refractivity contribution < 1.29 is 44.9 Å². The van der Waals surface area contributed by atoms with Gasteiger partial charge in [0.1, 0.15) is 35.9 Å². The first-order valence-electron chi connectivity index (χ1n) is 13.8. The molecule has 9 heteroatoms. The molecule has 0 radical (unpaired) electrons. The lowest BCUT2D eigenvalue weighted by Crippen LogP contribution is -2.60. The van der Waals surface area contributed by atoms with Crippen LogP contribution in [0.4, 0.5) is 0 Å². The van der Waals surface area contributed by atoms with Crippen molar-refractivity contribution >= 4 is 5.97 Å². The second kappa shape index (κ2) is 15.9. The van der Waals surface area contributed by atoms with Gasteiger partial charge in [-0.3, -0.25) is 4.79 Å². The zero-order chi connectivity index (χ0) is 30.0. The number of allylic oxidation sites excluding steroid dienone is 6. The molecule has 1 fully saturated rings. The molecule has 5 atom stereocenters. The van der Waals surface area contributed by atoms with E-state index in [1.807, 2.05) is 13.8 Å². The van der Waals surface area contributed by atoms with Crippen LogP contribution in [-0.4, -0.2) is 73.9 Å². The molecule has 0 aromatic heterocycles. The first-order valence-corrected chi connectivity index (χ1v) is 13.8. The predicted octanol–water partition coefficient (Wildman–Crippen LogP) is 3.99. The van der Waals surface area contributed by atoms with Crippen molar-refractivity contribution in [3.05, 3.63) is 57.7 Å². The molecule has 40 heavy (non-hydrogen) atoms. The number of aliphatic hydroxyl groups excluding tert-OH is 4. The molecule has 1 saturated heterocycles. The van der Waals surface area contributed by atoms with Crippen LogP contribution >= 0.6 is 0 Å². The Hall–Kier alpha value is -2.69. The summed E-state index contributed by atoms with van der Waals surface area (Å²) in [5.74, 6) is -0.251. The number of carboxylic acid groups (broad SMARTS) is 1. The van der Waals surface area contributed by atoms with Gasteiger partial charge in [0.25, 0.3) is 0 Å². The van der Waals surface area contributed by atoms with E-state index in [0.29, 0.717) is 35.3 Å². The highest BCUT2D eigenvalue weighted by Gasteiger charge is 2.44. The lowest BCUT2D eigenvalue weighted by Gasteiger charge is -2.39. The zero-order valence-corrected chi connectivity index (χ0v) is 24.3. The number of aliphatic carboxylic acids is 1. The van der Waals surface area contributed by atoms with Crippen molar-refractivity contribution in [1.82, 2.24) is 0 Å². The SMILES string of the molecule is C/C(=C/Cc1cc(O[C@@H]2O[C@H](CO)[C@H](O)[C@H](O)[C@H]2O)c(C)c(C)c1O)CC/C=C(\C)CC/C=C(\C)CCC(=O)O. The van der Waals surface area contributed by atoms with Crippen LogP contribution < -0.4 is 4.74 Å². The third-order valence-electron chi connectivity index (χ3n) is 7.45. The average Bonchev–Trinajstić information content (AvgIpc) is 2.91. The molecule has 0 bridgehead atoms. The van der Waals surface area contributed by atoms with Gasteiger partial charge < -0.3 is 40.1 Å². The summed E-state index contributed by atoms with van der Waals surface area (Å²) in [6.07, 6.45) is 4.26. The van der Waals surface area contributed by atoms with Gasteiger partial charge in [-0.2, -0.15) is 0 Å². The molecule has 1 aromatic rings. The van der Waals surface area contributed by atoms with Gasteiger partial charge in [0, 0.05) is 12.0 Å². The van der Waals surface area contributed by atoms with E-state index >= 15 is 0 Å². The van der Waals surface area contributed by atoms with Gasteiger partial charge in [0.2, 0.25) is 6.29 Å². The van der Waals surface area contributed by atoms with Gasteiger partial charge in [0.15, 0.2) is 0 Å². The summed E-state index contributed by atoms with van der Waals surface area (Å²) in [6, 6.07) is 1.68. The van der Waals surface area contributed by atoms with Gasteiger partial charge in [-0.05, 0) is 90.3 Å². The van der Waals surface area contributed by atoms with Crippen LogP contribution in [0.2, 0.25) is 0 Å². The van der Waals surface area contributed by atoms with E-state index in [-0.39, 0.29) is 12.2 Å². The minimum Gasteiger partial charge on any atom is -0.507 e. The topological polar surface area (TPSA) is 157 Å². The highest BCUT2D eigenvalue weighted by Crippen LogP contribution is 2.35. The maximum atomic E-state index is 10.7. The molecule has 0 aliphatic carbocycles. The summed E-state index contributed by atoms with van der Waals surface area (Å²) in [5, 5.41) is 59.4. The first-order chi connectivity index (χ1) is 18.8. The van der Waals surface area contributed by atoms with E-state index in [0.717, 1.165) is 31.3 Å². The first kappa shape index (κ1) is 33.5. The predicted molar refractivity (Wildman–Crippen MR) is 152 cm³/mol. The molecule has 6 N–H and O–H groups in total. The minimum atomic E-state index is -1.54. The fourth-order valence-electron chi connectivity index (χ4n) is 4.49. The number of carboxylic acids is 1. The van der Waals surface area contributed by atoms with Crippen molar-refractivity contribution in [2.45, 2.75) is 110 Å². The van der Waals surface area contributed by atoms with E-state index in [4.69, 9.17) is 14.6 Å². The van der Waals surface area contributed by atoms with Crippen LogP contribution in [0.1, 0.15) is 76.0 Å². The number of rotatable bonds is 14. The van der Waals surface area contributed by atoms with E-state index in [2.05, 4.69) is 25.2 Å². The van der Waals surface area contributed by atoms with Crippen LogP contribution in [0.5, 0.6) is 11.5 Å². The highest BCUT2D eigenvalue weighted by atomic mass is 16.7. The van der Waals surface area contributed by atoms with Gasteiger partial charge in [-0.15, -0.1) is 0 Å². The molecule has 0 saturated carbocycles. The summed E-state index contributed by atoms with van der Waals surface area (Å²) in [6.45, 7) is 9.09. The number of carbonyl (C=O) groups is 1. The third kappa shape index (κ3) is 9.74. The molecule has 1 aliphatic heterocycles. The second-order valence-electron chi connectivity index (χ2n) is 10.8. The van der Waals surface area contributed by atoms with E-state index in [1.165, 1.54) is 11.1 Å². The van der Waals surface area contributed by atoms with Crippen molar-refractivity contribution in [3.63, 3.8) is 0 Å². The summed E-state index contributed by atoms with van der Waals surface area (Å²) in [7, 11) is 0. The lowest BCUT2D eigenvalue weighted by atomic mass is 9.98. The Morgan fingerprint density at radius 2 is 1.45 bits per heavy atom. The van der Waals surface area contributed by atoms with Crippen molar-refractivity contribution in [2.75, 3.05) is 6.61 Å². The van der Waals surface area contributed by atoms with Gasteiger partial charge in [0.05, 0.1) is 6.61 Å². The Labute approximate surface area is 237 Å². The van der Waals surface area contributed by atoms with Crippen LogP contribution in [0.3, 0.4) is 0 Å². The molecule has 0 amide bonds. The van der Waals surface area contributed by atoms with Gasteiger partial charge in [-0.25, -0.2) is 0 Å². The van der Waals surface area contributed by atoms with Gasteiger partial charge >= 0.3 is 5.97 Å². The quantitative estimate of drug-likeness (QED) is 0.184. The van der Waals surface area contributed by atoms with Crippen molar-refractivity contribution in [1.29, 1.82) is 0 Å². The molecule has 2 rings (SSSR count). The minimum absolute atomic E-state index is 0.158. The smallest absolute Gasteiger partial charge is 0.303 e. The maximum Gasteiger partial charge on any atom is 0.303 e. The molecule has 224 valence electrons. The second-order valence-corrected chi connectivity index (χ2v) is 10.8. The van der Waals surface area contributed by atoms with Crippen molar-refractivity contribution in [3.8, 4) is 11.5 Å². The Bertz CT molecular complexity index is 1090. The lowest BCUT2D eigenvalue weighted by molar-refractivity contribution is -0.277. The Morgan fingerprint density at radius 1 is 0.875 bits per heavy atom. The molecule has 1 heterocycles. The van der Waals surface area contributed by atoms with E-state index in [9.17, 15) is 30.3 Å². The summed E-state index contributed by atoms with van der Waals surface area (Å²) in [4.78, 5) is 10.7. The highest BCUT2D eigenvalue weighted by molar-refractivity contribution is 5.67. The summed E-state index contributed by atoms with van der Waals surface area (Å²) < 4.78 is 11.4. The molecule has 9 nitrogen and oxygen atoms in total. The largest absolute Gasteiger partial charge is 0.507 e. The number of ether oxygens (including phenoxy) is 2. The van der Waals surface area contributed by atoms with Crippen molar-refractivity contribution in [2.24, 2.45) is 0 Å². The molecular formula is C31H46O9.